The van der Waals surface area contributed by atoms with Crippen LogP contribution in [-0.4, -0.2) is 34.7 Å². The number of anilines is 3. The highest BCUT2D eigenvalue weighted by molar-refractivity contribution is 7.91. The normalized spacial score (nSPS) is 12.9. The number of aryl methyl sites for hydroxylation is 1. The van der Waals surface area contributed by atoms with Gasteiger partial charge < -0.3 is 20.5 Å². The Balaban J connectivity index is 1.73. The maximum Gasteiger partial charge on any atom is 0.227 e. The molecule has 11 heteroatoms. The van der Waals surface area contributed by atoms with Gasteiger partial charge in [-0.25, -0.2) is 19.0 Å². The van der Waals surface area contributed by atoms with Gasteiger partial charge in [-0.15, -0.1) is 0 Å². The van der Waals surface area contributed by atoms with Crippen LogP contribution in [-0.2, 0) is 9.73 Å². The van der Waals surface area contributed by atoms with Crippen LogP contribution in [0.5, 0.6) is 11.5 Å². The molecule has 4 aromatic rings. The molecular weight excluding hydrogens is 509 g/mol. The van der Waals surface area contributed by atoms with Gasteiger partial charge in [-0.3, -0.25) is 0 Å². The summed E-state index contributed by atoms with van der Waals surface area (Å²) in [5.74, 6) is 1.24. The van der Waals surface area contributed by atoms with Crippen LogP contribution in [0.3, 0.4) is 0 Å². The lowest BCUT2D eigenvalue weighted by Crippen LogP contribution is -2.05. The van der Waals surface area contributed by atoms with E-state index >= 15 is 0 Å². The Labute approximate surface area is 213 Å². The number of benzene rings is 3. The first kappa shape index (κ1) is 24.8. The van der Waals surface area contributed by atoms with Crippen LogP contribution in [0.25, 0.3) is 22.0 Å². The summed E-state index contributed by atoms with van der Waals surface area (Å²) in [6.07, 6.45) is 3.03. The average molecular weight is 532 g/mol. The Bertz CT molecular complexity index is 1520. The highest BCUT2D eigenvalue weighted by atomic mass is 35.5. The maximum atomic E-state index is 12.1. The summed E-state index contributed by atoms with van der Waals surface area (Å²) in [6, 6.07) is 10.4. The molecule has 0 saturated carbocycles. The van der Waals surface area contributed by atoms with Crippen molar-refractivity contribution >= 4 is 61.2 Å². The van der Waals surface area contributed by atoms with Crippen molar-refractivity contribution in [1.82, 2.24) is 9.97 Å². The molecule has 0 aliphatic heterocycles. The molecule has 35 heavy (non-hydrogen) atoms. The Hall–Kier alpha value is -3.27. The number of nitrogens with zero attached hydrogens (tertiary/aromatic N) is 2. The van der Waals surface area contributed by atoms with Gasteiger partial charge in [0.15, 0.2) is 0 Å². The molecule has 0 spiro atoms. The van der Waals surface area contributed by atoms with Gasteiger partial charge in [-0.1, -0.05) is 29.3 Å². The summed E-state index contributed by atoms with van der Waals surface area (Å²) in [6.45, 7) is 1.82. The topological polar surface area (TPSA) is 123 Å². The quantitative estimate of drug-likeness (QED) is 0.249. The highest BCUT2D eigenvalue weighted by Crippen LogP contribution is 2.46. The second-order valence-electron chi connectivity index (χ2n) is 7.92. The van der Waals surface area contributed by atoms with Gasteiger partial charge in [-0.05, 0) is 42.3 Å². The molecule has 0 saturated heterocycles. The Morgan fingerprint density at radius 1 is 1.06 bits per heavy atom. The van der Waals surface area contributed by atoms with Gasteiger partial charge in [0, 0.05) is 34.4 Å². The first-order chi connectivity index (χ1) is 16.5. The zero-order valence-electron chi connectivity index (χ0n) is 19.4. The van der Waals surface area contributed by atoms with E-state index < -0.39 is 9.73 Å². The number of hydrogen-bond acceptors (Lipinski definition) is 8. The van der Waals surface area contributed by atoms with Crippen molar-refractivity contribution in [3.8, 4) is 22.6 Å². The fourth-order valence-electron chi connectivity index (χ4n) is 3.68. The van der Waals surface area contributed by atoms with Gasteiger partial charge >= 0.3 is 0 Å². The predicted molar refractivity (Wildman–Crippen MR) is 142 cm³/mol. The predicted octanol–water partition coefficient (Wildman–Crippen LogP) is 6.29. The number of hydrogen-bond donors (Lipinski definition) is 3. The molecule has 0 aliphatic rings. The molecule has 4 rings (SSSR count). The van der Waals surface area contributed by atoms with Gasteiger partial charge in [0.2, 0.25) is 5.95 Å². The second-order valence-corrected chi connectivity index (χ2v) is 10.8. The van der Waals surface area contributed by atoms with E-state index in [0.29, 0.717) is 54.8 Å². The van der Waals surface area contributed by atoms with E-state index in [-0.39, 0.29) is 0 Å². The summed E-state index contributed by atoms with van der Waals surface area (Å²) < 4.78 is 30.6. The van der Waals surface area contributed by atoms with Crippen molar-refractivity contribution in [3.63, 3.8) is 0 Å². The van der Waals surface area contributed by atoms with E-state index in [9.17, 15) is 4.21 Å². The molecule has 1 unspecified atom stereocenters. The Kier molecular flexibility index (Phi) is 6.68. The minimum Gasteiger partial charge on any atom is -0.495 e. The van der Waals surface area contributed by atoms with Crippen LogP contribution >= 0.6 is 23.2 Å². The third-order valence-electron chi connectivity index (χ3n) is 5.47. The van der Waals surface area contributed by atoms with Crippen LogP contribution in [0.15, 0.2) is 47.5 Å². The SMILES string of the molecule is COc1cc(OC)c(Cl)c(-c2ccc3nc(Nc4c(C)cc(S(C)(=N)=O)cc4N)ncc3c2)c1Cl. The number of methoxy groups -OCH3 is 2. The van der Waals surface area contributed by atoms with Crippen LogP contribution in [0.1, 0.15) is 5.56 Å². The third kappa shape index (κ3) is 4.80. The highest BCUT2D eigenvalue weighted by Gasteiger charge is 2.19. The fourth-order valence-corrected chi connectivity index (χ4v) is 5.15. The minimum absolute atomic E-state index is 0.343. The van der Waals surface area contributed by atoms with E-state index in [0.717, 1.165) is 16.5 Å². The molecule has 4 N–H and O–H groups in total. The molecule has 0 fully saturated rings. The summed E-state index contributed by atoms with van der Waals surface area (Å²) in [7, 11) is 0.167. The average Bonchev–Trinajstić information content (AvgIpc) is 2.81. The number of nitrogens with one attached hydrogen (secondary N) is 2. The van der Waals surface area contributed by atoms with Gasteiger partial charge in [-0.2, -0.15) is 0 Å². The van der Waals surface area contributed by atoms with E-state index in [2.05, 4.69) is 15.3 Å². The lowest BCUT2D eigenvalue weighted by Gasteiger charge is -2.15. The van der Waals surface area contributed by atoms with E-state index in [4.69, 9.17) is 43.2 Å². The van der Waals surface area contributed by atoms with Crippen LogP contribution in [0.4, 0.5) is 17.3 Å². The van der Waals surface area contributed by atoms with Crippen molar-refractivity contribution in [2.45, 2.75) is 11.8 Å². The van der Waals surface area contributed by atoms with Crippen molar-refractivity contribution < 1.29 is 13.7 Å². The monoisotopic (exact) mass is 531 g/mol. The van der Waals surface area contributed by atoms with Crippen molar-refractivity contribution in [1.29, 1.82) is 4.78 Å². The zero-order chi connectivity index (χ0) is 25.5. The minimum atomic E-state index is -2.88. The number of ether oxygens (including phenoxy) is 2. The molecule has 8 nitrogen and oxygen atoms in total. The lowest BCUT2D eigenvalue weighted by atomic mass is 10.0. The summed E-state index contributed by atoms with van der Waals surface area (Å²) >= 11 is 13.1. The molecule has 1 atom stereocenters. The number of fused-ring (bicyclic) bond motifs is 1. The van der Waals surface area contributed by atoms with E-state index in [1.54, 1.807) is 18.3 Å². The van der Waals surface area contributed by atoms with Crippen molar-refractivity contribution in [3.05, 3.63) is 58.2 Å². The molecular formula is C24H23Cl2N5O3S. The van der Waals surface area contributed by atoms with Gasteiger partial charge in [0.05, 0.1) is 50.9 Å². The number of aromatic nitrogens is 2. The molecule has 3 aromatic carbocycles. The first-order valence-corrected chi connectivity index (χ1v) is 13.0. The molecule has 1 aromatic heterocycles. The summed E-state index contributed by atoms with van der Waals surface area (Å²) in [4.78, 5) is 9.37. The molecule has 0 aliphatic carbocycles. The molecule has 0 radical (unpaired) electrons. The Morgan fingerprint density at radius 3 is 2.29 bits per heavy atom. The molecule has 182 valence electrons. The molecule has 0 bridgehead atoms. The molecule has 1 heterocycles. The third-order valence-corrected chi connectivity index (χ3v) is 7.35. The number of nitrogen functional groups attached to an aromatic ring is 1. The van der Waals surface area contributed by atoms with E-state index in [1.165, 1.54) is 26.5 Å². The number of rotatable bonds is 6. The molecule has 0 amide bonds. The van der Waals surface area contributed by atoms with E-state index in [1.807, 2.05) is 25.1 Å². The summed E-state index contributed by atoms with van der Waals surface area (Å²) in [5, 5.41) is 4.64. The van der Waals surface area contributed by atoms with Crippen LogP contribution < -0.4 is 20.5 Å². The van der Waals surface area contributed by atoms with Crippen LogP contribution in [0.2, 0.25) is 10.0 Å². The first-order valence-electron chi connectivity index (χ1n) is 10.3. The number of nitrogens with two attached hydrogens (primary N) is 1. The van der Waals surface area contributed by atoms with Gasteiger partial charge in [0.25, 0.3) is 0 Å². The lowest BCUT2D eigenvalue weighted by molar-refractivity contribution is 0.395. The second kappa shape index (κ2) is 9.41. The fraction of sp³-hybridized carbons (Fsp3) is 0.167. The maximum absolute atomic E-state index is 12.1. The Morgan fingerprint density at radius 2 is 1.71 bits per heavy atom. The summed E-state index contributed by atoms with van der Waals surface area (Å²) in [5.41, 5.74) is 9.87. The van der Waals surface area contributed by atoms with Crippen molar-refractivity contribution in [2.24, 2.45) is 0 Å². The smallest absolute Gasteiger partial charge is 0.227 e. The zero-order valence-corrected chi connectivity index (χ0v) is 21.7. The van der Waals surface area contributed by atoms with Crippen molar-refractivity contribution in [2.75, 3.05) is 31.5 Å². The number of halogens is 2. The largest absolute Gasteiger partial charge is 0.495 e. The van der Waals surface area contributed by atoms with Crippen LogP contribution in [0, 0.1) is 11.7 Å². The van der Waals surface area contributed by atoms with Gasteiger partial charge in [0.1, 0.15) is 11.5 Å². The standard InChI is InChI=1S/C24H23Cl2N5O3S/c1-12-7-15(35(4,28)32)9-16(27)23(12)31-24-29-11-14-8-13(5-6-17(14)30-24)20-21(25)18(33-2)10-19(34-3)22(20)26/h5-11,28H,27H2,1-4H3,(H,29,30,31).